The number of carbonyl (C=O) groups is 1. The maximum atomic E-state index is 12.3. The van der Waals surface area contributed by atoms with Crippen molar-refractivity contribution in [1.29, 1.82) is 0 Å². The summed E-state index contributed by atoms with van der Waals surface area (Å²) in [6.45, 7) is 4.37. The molecule has 0 saturated carbocycles. The third-order valence-corrected chi connectivity index (χ3v) is 3.81. The molecule has 1 heterocycles. The highest BCUT2D eigenvalue weighted by Crippen LogP contribution is 2.30. The van der Waals surface area contributed by atoms with E-state index in [-0.39, 0.29) is 11.6 Å². The molecule has 0 aromatic heterocycles. The molecule has 2 rings (SSSR count). The SMILES string of the molecule is CCCCC1(CCCC)NC(=O)c2ccccc2N1. The topological polar surface area (TPSA) is 41.1 Å². The van der Waals surface area contributed by atoms with Crippen molar-refractivity contribution >= 4 is 11.6 Å². The third-order valence-electron chi connectivity index (χ3n) is 3.81. The molecule has 0 unspecified atom stereocenters. The Morgan fingerprint density at radius 2 is 1.63 bits per heavy atom. The molecule has 3 heteroatoms. The molecule has 0 bridgehead atoms. The van der Waals surface area contributed by atoms with Gasteiger partial charge in [-0.1, -0.05) is 38.8 Å². The molecule has 0 spiro atoms. The Labute approximate surface area is 115 Å². The number of hydrogen-bond acceptors (Lipinski definition) is 2. The fraction of sp³-hybridized carbons (Fsp3) is 0.562. The first-order valence-corrected chi connectivity index (χ1v) is 7.40. The molecule has 1 aromatic rings. The van der Waals surface area contributed by atoms with Gasteiger partial charge >= 0.3 is 0 Å². The van der Waals surface area contributed by atoms with Gasteiger partial charge in [0.15, 0.2) is 0 Å². The maximum absolute atomic E-state index is 12.3. The van der Waals surface area contributed by atoms with Gasteiger partial charge in [0.2, 0.25) is 0 Å². The zero-order valence-corrected chi connectivity index (χ0v) is 12.0. The molecule has 0 radical (unpaired) electrons. The predicted molar refractivity (Wildman–Crippen MR) is 79.3 cm³/mol. The summed E-state index contributed by atoms with van der Waals surface area (Å²) in [6.07, 6.45) is 6.52. The Kier molecular flexibility index (Phi) is 4.46. The van der Waals surface area contributed by atoms with Crippen LogP contribution in [0.5, 0.6) is 0 Å². The molecule has 0 fully saturated rings. The second kappa shape index (κ2) is 6.09. The number of hydrogen-bond donors (Lipinski definition) is 2. The van der Waals surface area contributed by atoms with E-state index in [9.17, 15) is 4.79 Å². The zero-order valence-electron chi connectivity index (χ0n) is 12.0. The van der Waals surface area contributed by atoms with Crippen molar-refractivity contribution < 1.29 is 4.79 Å². The molecule has 1 amide bonds. The molecule has 3 nitrogen and oxygen atoms in total. The lowest BCUT2D eigenvalue weighted by atomic mass is 9.92. The summed E-state index contributed by atoms with van der Waals surface area (Å²) in [5.74, 6) is 0.0570. The van der Waals surface area contributed by atoms with Gasteiger partial charge in [0.05, 0.1) is 5.56 Å². The zero-order chi connectivity index (χ0) is 13.7. The first-order chi connectivity index (χ1) is 9.21. The quantitative estimate of drug-likeness (QED) is 0.814. The summed E-state index contributed by atoms with van der Waals surface area (Å²) in [6, 6.07) is 7.77. The van der Waals surface area contributed by atoms with E-state index in [0.717, 1.165) is 49.8 Å². The van der Waals surface area contributed by atoms with Crippen molar-refractivity contribution in [2.45, 2.75) is 58.0 Å². The minimum Gasteiger partial charge on any atom is -0.362 e. The Bertz CT molecular complexity index is 434. The normalized spacial score (nSPS) is 16.4. The number of anilines is 1. The largest absolute Gasteiger partial charge is 0.362 e. The van der Waals surface area contributed by atoms with Crippen LogP contribution in [0.3, 0.4) is 0 Å². The number of unbranched alkanes of at least 4 members (excludes halogenated alkanes) is 2. The molecule has 1 aliphatic heterocycles. The van der Waals surface area contributed by atoms with Gasteiger partial charge in [-0.2, -0.15) is 0 Å². The predicted octanol–water partition coefficient (Wildman–Crippen LogP) is 3.92. The Hall–Kier alpha value is -1.51. The highest BCUT2D eigenvalue weighted by molar-refractivity contribution is 6.02. The van der Waals surface area contributed by atoms with Gasteiger partial charge in [0.25, 0.3) is 5.91 Å². The van der Waals surface area contributed by atoms with E-state index in [0.29, 0.717) is 0 Å². The van der Waals surface area contributed by atoms with Gasteiger partial charge in [-0.25, -0.2) is 0 Å². The summed E-state index contributed by atoms with van der Waals surface area (Å²) < 4.78 is 0. The van der Waals surface area contributed by atoms with E-state index in [1.165, 1.54) is 0 Å². The number of fused-ring (bicyclic) bond motifs is 1. The lowest BCUT2D eigenvalue weighted by Crippen LogP contribution is -2.57. The number of para-hydroxylation sites is 1. The van der Waals surface area contributed by atoms with E-state index in [4.69, 9.17) is 0 Å². The molecule has 19 heavy (non-hydrogen) atoms. The van der Waals surface area contributed by atoms with E-state index in [1.54, 1.807) is 0 Å². The summed E-state index contributed by atoms with van der Waals surface area (Å²) in [5.41, 5.74) is 1.47. The van der Waals surface area contributed by atoms with Gasteiger partial charge in [0, 0.05) is 5.69 Å². The summed E-state index contributed by atoms with van der Waals surface area (Å²) in [5, 5.41) is 6.78. The van der Waals surface area contributed by atoms with E-state index in [1.807, 2.05) is 24.3 Å². The van der Waals surface area contributed by atoms with E-state index < -0.39 is 0 Å². The number of amides is 1. The van der Waals surface area contributed by atoms with E-state index in [2.05, 4.69) is 24.5 Å². The average Bonchev–Trinajstić information content (AvgIpc) is 2.43. The summed E-state index contributed by atoms with van der Waals surface area (Å²) in [7, 11) is 0. The molecule has 1 aromatic carbocycles. The standard InChI is InChI=1S/C16H24N2O/c1-3-5-11-16(12-6-4-2)17-14-10-8-7-9-13(14)15(19)18-16/h7-10,17H,3-6,11-12H2,1-2H3,(H,18,19). The number of nitrogens with one attached hydrogen (secondary N) is 2. The van der Waals surface area contributed by atoms with Crippen LogP contribution in [0.25, 0.3) is 0 Å². The minimum atomic E-state index is -0.253. The van der Waals surface area contributed by atoms with Crippen molar-refractivity contribution in [3.8, 4) is 0 Å². The first kappa shape index (κ1) is 13.9. The summed E-state index contributed by atoms with van der Waals surface area (Å²) in [4.78, 5) is 12.3. The van der Waals surface area contributed by atoms with Crippen molar-refractivity contribution in [3.63, 3.8) is 0 Å². The second-order valence-electron chi connectivity index (χ2n) is 5.41. The maximum Gasteiger partial charge on any atom is 0.255 e. The van der Waals surface area contributed by atoms with Crippen LogP contribution in [0.2, 0.25) is 0 Å². The van der Waals surface area contributed by atoms with Crippen LogP contribution in [0.15, 0.2) is 24.3 Å². The molecular formula is C16H24N2O. The van der Waals surface area contributed by atoms with Crippen LogP contribution in [-0.4, -0.2) is 11.6 Å². The van der Waals surface area contributed by atoms with Crippen LogP contribution in [0.4, 0.5) is 5.69 Å². The molecule has 0 saturated heterocycles. The van der Waals surface area contributed by atoms with Crippen LogP contribution in [0, 0.1) is 0 Å². The lowest BCUT2D eigenvalue weighted by Gasteiger charge is -2.41. The van der Waals surface area contributed by atoms with Crippen LogP contribution < -0.4 is 10.6 Å². The molecular weight excluding hydrogens is 236 g/mol. The average molecular weight is 260 g/mol. The number of carbonyl (C=O) groups excluding carboxylic acids is 1. The van der Waals surface area contributed by atoms with Gasteiger partial charge in [-0.05, 0) is 37.8 Å². The Morgan fingerprint density at radius 3 is 2.26 bits per heavy atom. The lowest BCUT2D eigenvalue weighted by molar-refractivity contribution is 0.0887. The van der Waals surface area contributed by atoms with Crippen molar-refractivity contribution in [1.82, 2.24) is 5.32 Å². The van der Waals surface area contributed by atoms with Crippen LogP contribution in [-0.2, 0) is 0 Å². The highest BCUT2D eigenvalue weighted by Gasteiger charge is 2.35. The molecule has 0 aliphatic carbocycles. The highest BCUT2D eigenvalue weighted by atomic mass is 16.2. The van der Waals surface area contributed by atoms with Crippen molar-refractivity contribution in [2.75, 3.05) is 5.32 Å². The Balaban J connectivity index is 2.23. The monoisotopic (exact) mass is 260 g/mol. The van der Waals surface area contributed by atoms with Gasteiger partial charge in [-0.15, -0.1) is 0 Å². The number of benzene rings is 1. The second-order valence-corrected chi connectivity index (χ2v) is 5.41. The van der Waals surface area contributed by atoms with Crippen molar-refractivity contribution in [2.24, 2.45) is 0 Å². The van der Waals surface area contributed by atoms with Crippen LogP contribution in [0.1, 0.15) is 62.7 Å². The van der Waals surface area contributed by atoms with E-state index >= 15 is 0 Å². The third kappa shape index (κ3) is 3.09. The molecule has 2 N–H and O–H groups in total. The molecule has 1 aliphatic rings. The van der Waals surface area contributed by atoms with Gasteiger partial charge < -0.3 is 10.6 Å². The fourth-order valence-corrected chi connectivity index (χ4v) is 2.70. The minimum absolute atomic E-state index is 0.0570. The van der Waals surface area contributed by atoms with Gasteiger partial charge in [0.1, 0.15) is 5.66 Å². The van der Waals surface area contributed by atoms with Gasteiger partial charge in [-0.3, -0.25) is 4.79 Å². The van der Waals surface area contributed by atoms with Crippen molar-refractivity contribution in [3.05, 3.63) is 29.8 Å². The molecule has 0 atom stereocenters. The molecule has 104 valence electrons. The number of rotatable bonds is 6. The fourth-order valence-electron chi connectivity index (χ4n) is 2.70. The summed E-state index contributed by atoms with van der Waals surface area (Å²) >= 11 is 0. The Morgan fingerprint density at radius 1 is 1.00 bits per heavy atom. The first-order valence-electron chi connectivity index (χ1n) is 7.40. The van der Waals surface area contributed by atoms with Crippen LogP contribution >= 0.6 is 0 Å². The smallest absolute Gasteiger partial charge is 0.255 e.